The summed E-state index contributed by atoms with van der Waals surface area (Å²) in [6.45, 7) is 1.76. The van der Waals surface area contributed by atoms with E-state index in [9.17, 15) is 9.90 Å². The summed E-state index contributed by atoms with van der Waals surface area (Å²) in [6, 6.07) is 2.95. The summed E-state index contributed by atoms with van der Waals surface area (Å²) in [5.41, 5.74) is 7.01. The number of hydrogen-bond acceptors (Lipinski definition) is 4. The lowest BCUT2D eigenvalue weighted by molar-refractivity contribution is -0.137. The minimum atomic E-state index is -0.972. The Balaban J connectivity index is 3.18. The molecule has 1 rings (SSSR count). The number of aliphatic carboxylic acids is 1. The van der Waals surface area contributed by atoms with E-state index in [1.807, 2.05) is 12.3 Å². The molecule has 0 saturated heterocycles. The van der Waals surface area contributed by atoms with Crippen molar-refractivity contribution in [3.8, 4) is 5.75 Å². The molecule has 0 saturated carbocycles. The Kier molecular flexibility index (Phi) is 4.20. The van der Waals surface area contributed by atoms with E-state index >= 15 is 0 Å². The van der Waals surface area contributed by atoms with Crippen LogP contribution in [0.3, 0.4) is 0 Å². The number of thioether (sulfide) groups is 1. The zero-order valence-electron chi connectivity index (χ0n) is 9.23. The molecule has 0 aromatic heterocycles. The molecule has 88 valence electrons. The molecule has 0 radical (unpaired) electrons. The lowest BCUT2D eigenvalue weighted by atomic mass is 10.0. The Morgan fingerprint density at radius 1 is 1.56 bits per heavy atom. The van der Waals surface area contributed by atoms with Crippen LogP contribution in [0.2, 0.25) is 0 Å². The molecule has 1 unspecified atom stereocenters. The number of phenols is 1. The molecule has 1 aromatic carbocycles. The summed E-state index contributed by atoms with van der Waals surface area (Å²) in [5.74, 6) is -0.874. The van der Waals surface area contributed by atoms with Crippen LogP contribution in [-0.4, -0.2) is 22.4 Å². The van der Waals surface area contributed by atoms with Gasteiger partial charge in [0.25, 0.3) is 0 Å². The van der Waals surface area contributed by atoms with Crippen LogP contribution in [0.15, 0.2) is 17.0 Å². The van der Waals surface area contributed by atoms with Crippen LogP contribution in [0.1, 0.15) is 23.6 Å². The van der Waals surface area contributed by atoms with Gasteiger partial charge in [0.2, 0.25) is 0 Å². The van der Waals surface area contributed by atoms with E-state index in [-0.39, 0.29) is 12.2 Å². The second kappa shape index (κ2) is 5.23. The minimum Gasteiger partial charge on any atom is -0.507 e. The third-order valence-electron chi connectivity index (χ3n) is 2.36. The van der Waals surface area contributed by atoms with Gasteiger partial charge in [0.05, 0.1) is 6.42 Å². The van der Waals surface area contributed by atoms with Gasteiger partial charge in [-0.25, -0.2) is 0 Å². The molecule has 0 amide bonds. The highest BCUT2D eigenvalue weighted by atomic mass is 32.2. The highest BCUT2D eigenvalue weighted by Gasteiger charge is 2.19. The smallest absolute Gasteiger partial charge is 0.305 e. The van der Waals surface area contributed by atoms with E-state index in [4.69, 9.17) is 10.8 Å². The number of benzene rings is 1. The fourth-order valence-electron chi connectivity index (χ4n) is 1.53. The quantitative estimate of drug-likeness (QED) is 0.701. The third-order valence-corrected chi connectivity index (χ3v) is 3.16. The lowest BCUT2D eigenvalue weighted by Crippen LogP contribution is -2.16. The number of carboxylic acid groups (broad SMARTS) is 1. The molecular formula is C11H15NO3S. The average Bonchev–Trinajstić information content (AvgIpc) is 2.20. The standard InChI is InChI=1S/C11H15NO3S/c1-6-3-4-8(16-2)10(11(6)15)7(12)5-9(13)14/h3-4,7,15H,5,12H2,1-2H3,(H,13,14). The van der Waals surface area contributed by atoms with Crippen molar-refractivity contribution < 1.29 is 15.0 Å². The van der Waals surface area contributed by atoms with Crippen LogP contribution in [-0.2, 0) is 4.79 Å². The average molecular weight is 241 g/mol. The van der Waals surface area contributed by atoms with Crippen LogP contribution in [0, 0.1) is 6.92 Å². The van der Waals surface area contributed by atoms with Crippen molar-refractivity contribution in [2.24, 2.45) is 5.73 Å². The highest BCUT2D eigenvalue weighted by Crippen LogP contribution is 2.35. The van der Waals surface area contributed by atoms with E-state index in [1.165, 1.54) is 11.8 Å². The zero-order valence-corrected chi connectivity index (χ0v) is 10.0. The van der Waals surface area contributed by atoms with Crippen molar-refractivity contribution in [3.05, 3.63) is 23.3 Å². The molecule has 0 bridgehead atoms. The molecule has 1 aromatic rings. The lowest BCUT2D eigenvalue weighted by Gasteiger charge is -2.16. The van der Waals surface area contributed by atoms with E-state index in [0.29, 0.717) is 11.1 Å². The molecule has 0 aliphatic carbocycles. The minimum absolute atomic E-state index is 0.0978. The van der Waals surface area contributed by atoms with Crippen molar-refractivity contribution in [1.29, 1.82) is 0 Å². The monoisotopic (exact) mass is 241 g/mol. The zero-order chi connectivity index (χ0) is 12.3. The van der Waals surface area contributed by atoms with Gasteiger partial charge in [-0.15, -0.1) is 11.8 Å². The maximum absolute atomic E-state index is 10.6. The first-order valence-electron chi connectivity index (χ1n) is 4.81. The number of rotatable bonds is 4. The number of carboxylic acids is 1. The largest absolute Gasteiger partial charge is 0.507 e. The van der Waals surface area contributed by atoms with E-state index in [2.05, 4.69) is 0 Å². The fourth-order valence-corrected chi connectivity index (χ4v) is 2.20. The number of hydrogen-bond donors (Lipinski definition) is 3. The van der Waals surface area contributed by atoms with Gasteiger partial charge < -0.3 is 15.9 Å². The first kappa shape index (κ1) is 12.9. The molecule has 0 aliphatic heterocycles. The maximum Gasteiger partial charge on any atom is 0.305 e. The molecule has 4 N–H and O–H groups in total. The Morgan fingerprint density at radius 3 is 2.69 bits per heavy atom. The van der Waals surface area contributed by atoms with Gasteiger partial charge in [-0.2, -0.15) is 0 Å². The first-order valence-corrected chi connectivity index (χ1v) is 6.03. The second-order valence-corrected chi connectivity index (χ2v) is 4.40. The molecule has 1 atom stereocenters. The number of carbonyl (C=O) groups is 1. The highest BCUT2D eigenvalue weighted by molar-refractivity contribution is 7.98. The summed E-state index contributed by atoms with van der Waals surface area (Å²) in [7, 11) is 0. The normalized spacial score (nSPS) is 12.4. The molecule has 16 heavy (non-hydrogen) atoms. The molecule has 0 aliphatic rings. The van der Waals surface area contributed by atoms with Gasteiger partial charge in [0.1, 0.15) is 5.75 Å². The predicted molar refractivity (Wildman–Crippen MR) is 63.8 cm³/mol. The predicted octanol–water partition coefficient (Wildman–Crippen LogP) is 1.90. The first-order chi connectivity index (χ1) is 7.47. The van der Waals surface area contributed by atoms with Gasteiger partial charge in [-0.05, 0) is 24.8 Å². The van der Waals surface area contributed by atoms with Crippen molar-refractivity contribution in [1.82, 2.24) is 0 Å². The number of aromatic hydroxyl groups is 1. The Hall–Kier alpha value is -1.20. The Labute approximate surface area is 98.5 Å². The van der Waals surface area contributed by atoms with Gasteiger partial charge in [-0.1, -0.05) is 6.07 Å². The van der Waals surface area contributed by atoms with Crippen molar-refractivity contribution in [2.75, 3.05) is 6.26 Å². The second-order valence-electron chi connectivity index (χ2n) is 3.55. The van der Waals surface area contributed by atoms with E-state index in [0.717, 1.165) is 4.90 Å². The number of nitrogens with two attached hydrogens (primary N) is 1. The SMILES string of the molecule is CSc1ccc(C)c(O)c1C(N)CC(=O)O. The van der Waals surface area contributed by atoms with Gasteiger partial charge >= 0.3 is 5.97 Å². The van der Waals surface area contributed by atoms with E-state index in [1.54, 1.807) is 13.0 Å². The molecule has 5 heteroatoms. The van der Waals surface area contributed by atoms with Gasteiger partial charge in [0.15, 0.2) is 0 Å². The molecule has 0 heterocycles. The van der Waals surface area contributed by atoms with E-state index < -0.39 is 12.0 Å². The van der Waals surface area contributed by atoms with Crippen molar-refractivity contribution >= 4 is 17.7 Å². The molecule has 0 spiro atoms. The van der Waals surface area contributed by atoms with Crippen molar-refractivity contribution in [3.63, 3.8) is 0 Å². The molecule has 4 nitrogen and oxygen atoms in total. The summed E-state index contributed by atoms with van der Waals surface area (Å²) >= 11 is 1.44. The Morgan fingerprint density at radius 2 is 2.19 bits per heavy atom. The molecular weight excluding hydrogens is 226 g/mol. The van der Waals surface area contributed by atoms with Crippen LogP contribution in [0.25, 0.3) is 0 Å². The number of phenolic OH excluding ortho intramolecular Hbond substituents is 1. The van der Waals surface area contributed by atoms with Gasteiger partial charge in [-0.3, -0.25) is 4.79 Å². The summed E-state index contributed by atoms with van der Waals surface area (Å²) < 4.78 is 0. The van der Waals surface area contributed by atoms with Crippen LogP contribution < -0.4 is 5.73 Å². The summed E-state index contributed by atoms with van der Waals surface area (Å²) in [5, 5.41) is 18.6. The maximum atomic E-state index is 10.6. The third kappa shape index (κ3) is 2.68. The molecule has 0 fully saturated rings. The van der Waals surface area contributed by atoms with Crippen LogP contribution >= 0.6 is 11.8 Å². The summed E-state index contributed by atoms with van der Waals surface area (Å²) in [6.07, 6.45) is 1.67. The topological polar surface area (TPSA) is 83.5 Å². The summed E-state index contributed by atoms with van der Waals surface area (Å²) in [4.78, 5) is 11.4. The fraction of sp³-hybridized carbons (Fsp3) is 0.364. The number of aryl methyl sites for hydroxylation is 1. The van der Waals surface area contributed by atoms with Gasteiger partial charge in [0, 0.05) is 16.5 Å². The van der Waals surface area contributed by atoms with Crippen molar-refractivity contribution in [2.45, 2.75) is 24.3 Å². The van der Waals surface area contributed by atoms with Crippen LogP contribution in [0.5, 0.6) is 5.75 Å². The van der Waals surface area contributed by atoms with Crippen LogP contribution in [0.4, 0.5) is 0 Å². The Bertz CT molecular complexity index is 406.